The maximum Gasteiger partial charge on any atom is 0.235 e. The summed E-state index contributed by atoms with van der Waals surface area (Å²) in [7, 11) is 0. The smallest absolute Gasteiger partial charge is 0.235 e. The molecule has 0 saturated carbocycles. The molecule has 4 fully saturated rings. The number of carboxylic acids is 1. The van der Waals surface area contributed by atoms with E-state index in [0.29, 0.717) is 22.3 Å². The molecular weight excluding hydrogens is 594 g/mol. The number of aliphatic hydroxyl groups excluding tert-OH is 1. The van der Waals surface area contributed by atoms with E-state index < -0.39 is 29.9 Å². The molecule has 0 spiro atoms. The minimum Gasteiger partial charge on any atom is -0.543 e. The summed E-state index contributed by atoms with van der Waals surface area (Å²) in [6, 6.07) is 21.3. The second-order valence-corrected chi connectivity index (χ2v) is 14.3. The van der Waals surface area contributed by atoms with Crippen LogP contribution in [-0.2, 0) is 16.1 Å². The monoisotopic (exact) mass is 634 g/mol. The molecule has 1 amide bonds. The molecular formula is C38H40N3O6+. The molecule has 47 heavy (non-hydrogen) atoms. The molecule has 0 aromatic heterocycles. The molecule has 3 aromatic carbocycles. The first-order chi connectivity index (χ1) is 22.6. The van der Waals surface area contributed by atoms with Gasteiger partial charge in [0.2, 0.25) is 5.91 Å². The third-order valence-corrected chi connectivity index (χ3v) is 11.8. The summed E-state index contributed by atoms with van der Waals surface area (Å²) < 4.78 is 8.20. The molecule has 2 bridgehead atoms. The Morgan fingerprint density at radius 1 is 0.915 bits per heavy atom. The van der Waals surface area contributed by atoms with Crippen molar-refractivity contribution in [2.75, 3.05) is 52.4 Å². The highest BCUT2D eigenvalue weighted by molar-refractivity contribution is 6.22. The first kappa shape index (κ1) is 30.1. The van der Waals surface area contributed by atoms with Gasteiger partial charge in [-0.2, -0.15) is 0 Å². The van der Waals surface area contributed by atoms with E-state index >= 15 is 0 Å². The number of ether oxygens (including phenoxy) is 1. The van der Waals surface area contributed by atoms with Gasteiger partial charge in [-0.25, -0.2) is 0 Å². The normalized spacial score (nSPS) is 29.3. The van der Waals surface area contributed by atoms with Crippen LogP contribution in [0.15, 0.2) is 72.4 Å². The lowest BCUT2D eigenvalue weighted by Crippen LogP contribution is -2.75. The highest BCUT2D eigenvalue weighted by Gasteiger charge is 2.58. The largest absolute Gasteiger partial charge is 0.543 e. The SMILES string of the molecule is C[C@@H](O)[C@H]1C(=O)N2C(C(=O)[O-])=C(c3ccc4c(c3)-c3ccc(C[N+]56CC[N+](CCOc7ccccc7)(CC5)CC6)cc3C4=O)[C@H](C)[C@H]12. The quantitative estimate of drug-likeness (QED) is 0.224. The van der Waals surface area contributed by atoms with Gasteiger partial charge in [0, 0.05) is 22.6 Å². The molecule has 9 nitrogen and oxygen atoms in total. The number of piperazine rings is 3. The molecule has 1 N–H and O–H groups in total. The van der Waals surface area contributed by atoms with E-state index in [0.717, 1.165) is 90.4 Å². The molecule has 4 saturated heterocycles. The van der Waals surface area contributed by atoms with Gasteiger partial charge < -0.3 is 33.6 Å². The van der Waals surface area contributed by atoms with Crippen LogP contribution in [0.25, 0.3) is 16.7 Å². The molecule has 0 radical (unpaired) electrons. The van der Waals surface area contributed by atoms with Gasteiger partial charge >= 0.3 is 0 Å². The third-order valence-electron chi connectivity index (χ3n) is 11.8. The summed E-state index contributed by atoms with van der Waals surface area (Å²) >= 11 is 0. The molecule has 9 rings (SSSR count). The predicted molar refractivity (Wildman–Crippen MR) is 172 cm³/mol. The Hall–Kier alpha value is -4.31. The standard InChI is InChI=1S/C38H40N3O6/c1-23-32(35(38(45)46)39-34(23)33(24(2)42)37(39)44)26-9-11-29-30(21-26)28-10-8-25(20-31(28)36(29)43)22-41-15-12-40(13-16-41,14-17-41)18-19-47-27-6-4-3-5-7-27/h3-11,20-21,23-24,33-34,42H,12-19,22H2,1-2H3/q+1/t23-,24+,33+,34+,40?,41?/m0/s1. The number of para-hydroxylation sites is 1. The summed E-state index contributed by atoms with van der Waals surface area (Å²) in [5, 5.41) is 22.5. The van der Waals surface area contributed by atoms with E-state index in [-0.39, 0.29) is 17.4 Å². The molecule has 5 heterocycles. The number of aliphatic carboxylic acids is 1. The van der Waals surface area contributed by atoms with Crippen LogP contribution in [0.5, 0.6) is 5.75 Å². The zero-order valence-electron chi connectivity index (χ0n) is 26.9. The van der Waals surface area contributed by atoms with Crippen LogP contribution >= 0.6 is 0 Å². The van der Waals surface area contributed by atoms with Gasteiger partial charge in [-0.3, -0.25) is 9.59 Å². The Balaban J connectivity index is 1.00. The van der Waals surface area contributed by atoms with Crippen molar-refractivity contribution in [1.82, 2.24) is 4.90 Å². The van der Waals surface area contributed by atoms with Gasteiger partial charge in [0.25, 0.3) is 0 Å². The number of quaternary nitrogens is 2. The molecule has 0 unspecified atom stereocenters. The minimum atomic E-state index is -1.41. The summed E-state index contributed by atoms with van der Waals surface area (Å²) in [6.07, 6.45) is -0.881. The van der Waals surface area contributed by atoms with Gasteiger partial charge in [0.15, 0.2) is 5.78 Å². The van der Waals surface area contributed by atoms with Crippen LogP contribution in [0.1, 0.15) is 40.9 Å². The molecule has 5 aliphatic heterocycles. The lowest BCUT2D eigenvalue weighted by Gasteiger charge is -2.55. The lowest BCUT2D eigenvalue weighted by molar-refractivity contribution is -1.09. The molecule has 9 heteroatoms. The number of ketones is 1. The van der Waals surface area contributed by atoms with Gasteiger partial charge in [-0.05, 0) is 59.5 Å². The molecule has 3 aromatic rings. The fourth-order valence-electron chi connectivity index (χ4n) is 9.11. The molecule has 6 aliphatic rings. The fraction of sp³-hybridized carbons (Fsp3) is 0.395. The van der Waals surface area contributed by atoms with Gasteiger partial charge in [-0.1, -0.05) is 43.3 Å². The number of β-lactam (4-membered cyclic amide) rings is 1. The van der Waals surface area contributed by atoms with Crippen LogP contribution in [0.3, 0.4) is 0 Å². The Morgan fingerprint density at radius 3 is 2.28 bits per heavy atom. The number of hydrogen-bond donors (Lipinski definition) is 1. The second kappa shape index (κ2) is 10.9. The van der Waals surface area contributed by atoms with E-state index in [1.54, 1.807) is 19.1 Å². The Labute approximate surface area is 274 Å². The van der Waals surface area contributed by atoms with Crippen molar-refractivity contribution in [2.24, 2.45) is 11.8 Å². The van der Waals surface area contributed by atoms with Crippen LogP contribution < -0.4 is 9.84 Å². The van der Waals surface area contributed by atoms with Crippen molar-refractivity contribution in [1.29, 1.82) is 0 Å². The summed E-state index contributed by atoms with van der Waals surface area (Å²) in [5.74, 6) is -1.86. The number of nitrogens with zero attached hydrogens (tertiary/aromatic N) is 3. The van der Waals surface area contributed by atoms with Crippen LogP contribution in [0.2, 0.25) is 0 Å². The minimum absolute atomic E-state index is 0.0171. The zero-order valence-corrected chi connectivity index (χ0v) is 26.9. The third kappa shape index (κ3) is 4.66. The number of fused-ring (bicyclic) bond motifs is 7. The van der Waals surface area contributed by atoms with E-state index in [9.17, 15) is 24.6 Å². The topological polar surface area (TPSA) is 107 Å². The average molecular weight is 635 g/mol. The highest BCUT2D eigenvalue weighted by atomic mass is 16.5. The van der Waals surface area contributed by atoms with Crippen LogP contribution in [0.4, 0.5) is 0 Å². The maximum absolute atomic E-state index is 13.7. The summed E-state index contributed by atoms with van der Waals surface area (Å²) in [6.45, 7) is 12.9. The van der Waals surface area contributed by atoms with Crippen molar-refractivity contribution in [3.05, 3.63) is 94.7 Å². The second-order valence-electron chi connectivity index (χ2n) is 14.3. The van der Waals surface area contributed by atoms with Gasteiger partial charge in [0.05, 0.1) is 29.7 Å². The van der Waals surface area contributed by atoms with Gasteiger partial charge in [-0.15, -0.1) is 0 Å². The Bertz CT molecular complexity index is 1820. The summed E-state index contributed by atoms with van der Waals surface area (Å²) in [4.78, 5) is 40.1. The number of amides is 1. The average Bonchev–Trinajstić information content (AvgIpc) is 3.49. The van der Waals surface area contributed by atoms with Crippen molar-refractivity contribution in [3.63, 3.8) is 0 Å². The van der Waals surface area contributed by atoms with Crippen molar-refractivity contribution in [3.8, 4) is 16.9 Å². The predicted octanol–water partition coefficient (Wildman–Crippen LogP) is 2.46. The van der Waals surface area contributed by atoms with E-state index in [2.05, 4.69) is 12.1 Å². The Morgan fingerprint density at radius 2 is 1.60 bits per heavy atom. The lowest BCUT2D eigenvalue weighted by atomic mass is 9.76. The molecule has 242 valence electrons. The van der Waals surface area contributed by atoms with E-state index in [4.69, 9.17) is 4.74 Å². The molecule has 4 atom stereocenters. The Kier molecular flexibility index (Phi) is 6.95. The van der Waals surface area contributed by atoms with Crippen molar-refractivity contribution in [2.45, 2.75) is 32.5 Å². The first-order valence-corrected chi connectivity index (χ1v) is 16.8. The van der Waals surface area contributed by atoms with E-state index in [1.165, 1.54) is 4.90 Å². The van der Waals surface area contributed by atoms with Crippen molar-refractivity contribution < 1.29 is 38.3 Å². The first-order valence-electron chi connectivity index (χ1n) is 16.8. The fourth-order valence-corrected chi connectivity index (χ4v) is 9.11. The van der Waals surface area contributed by atoms with Crippen LogP contribution in [0, 0.1) is 11.8 Å². The number of carboxylic acid groups (broad SMARTS) is 1. The number of hydrogen-bond acceptors (Lipinski definition) is 6. The number of rotatable bonds is 9. The number of benzene rings is 3. The molecule has 1 aliphatic carbocycles. The van der Waals surface area contributed by atoms with E-state index in [1.807, 2.05) is 49.4 Å². The number of carbonyl (C=O) groups is 3. The van der Waals surface area contributed by atoms with Crippen LogP contribution in [-0.4, -0.2) is 101 Å². The van der Waals surface area contributed by atoms with Crippen molar-refractivity contribution >= 4 is 23.2 Å². The number of aliphatic hydroxyl groups is 1. The highest BCUT2D eigenvalue weighted by Crippen LogP contribution is 2.51. The maximum atomic E-state index is 13.7. The number of carbonyl (C=O) groups excluding carboxylic acids is 3. The zero-order chi connectivity index (χ0) is 32.7. The summed E-state index contributed by atoms with van der Waals surface area (Å²) in [5.41, 5.74) is 5.12. The van der Waals surface area contributed by atoms with Gasteiger partial charge in [0.1, 0.15) is 64.7 Å².